The van der Waals surface area contributed by atoms with Gasteiger partial charge < -0.3 is 19.3 Å². The normalized spacial score (nSPS) is 22.6. The highest BCUT2D eigenvalue weighted by atomic mass is 19.4. The number of hydrogen-bond donors (Lipinski definition) is 0. The Kier molecular flexibility index (Phi) is 11.6. The highest BCUT2D eigenvalue weighted by Gasteiger charge is 2.71. The zero-order chi connectivity index (χ0) is 44.3. The van der Waals surface area contributed by atoms with E-state index < -0.39 is 70.1 Å². The molecule has 2 saturated heterocycles. The van der Waals surface area contributed by atoms with Crippen LogP contribution in [-0.2, 0) is 33.6 Å². The summed E-state index contributed by atoms with van der Waals surface area (Å²) in [7, 11) is 0. The van der Waals surface area contributed by atoms with E-state index in [-0.39, 0.29) is 102 Å². The van der Waals surface area contributed by atoms with Gasteiger partial charge in [0.15, 0.2) is 0 Å². The van der Waals surface area contributed by atoms with Gasteiger partial charge in [0, 0.05) is 43.7 Å². The summed E-state index contributed by atoms with van der Waals surface area (Å²) in [6.07, 6.45) is -11.0. The topological polar surface area (TPSA) is 94.0 Å². The molecule has 61 heavy (non-hydrogen) atoms. The first kappa shape index (κ1) is 44.4. The van der Waals surface area contributed by atoms with Gasteiger partial charge in [-0.05, 0) is 94.0 Å². The van der Waals surface area contributed by atoms with Gasteiger partial charge in [-0.1, -0.05) is 30.3 Å². The third-order valence-corrected chi connectivity index (χ3v) is 12.6. The van der Waals surface area contributed by atoms with Gasteiger partial charge in [0.2, 0.25) is 5.91 Å². The molecule has 7 rings (SSSR count). The monoisotopic (exact) mass is 870 g/mol. The molecule has 4 fully saturated rings. The van der Waals surface area contributed by atoms with Crippen molar-refractivity contribution in [1.82, 2.24) is 19.6 Å². The van der Waals surface area contributed by atoms with Gasteiger partial charge in [0.25, 0.3) is 5.91 Å². The van der Waals surface area contributed by atoms with Crippen LogP contribution in [0.2, 0.25) is 0 Å². The number of halogens is 9. The number of likely N-dealkylation sites (tertiary alicyclic amines) is 2. The largest absolute Gasteiger partial charge is 0.456 e. The van der Waals surface area contributed by atoms with Crippen LogP contribution < -0.4 is 0 Å². The van der Waals surface area contributed by atoms with Gasteiger partial charge in [-0.15, -0.1) is 0 Å². The Hall–Kier alpha value is -4.61. The molecule has 9 nitrogen and oxygen atoms in total. The van der Waals surface area contributed by atoms with Gasteiger partial charge in [-0.25, -0.2) is 4.79 Å². The fourth-order valence-corrected chi connectivity index (χ4v) is 9.11. The van der Waals surface area contributed by atoms with Gasteiger partial charge in [-0.2, -0.15) is 44.6 Å². The van der Waals surface area contributed by atoms with E-state index in [1.165, 1.54) is 39.0 Å². The third-order valence-electron chi connectivity index (χ3n) is 12.6. The fourth-order valence-electron chi connectivity index (χ4n) is 9.11. The SMILES string of the molecule is CC(C)(C)OC(=O)c1c(COCC2CN(C(=O)c3cnn(Cc4ccc(C(F)(F)F)cc4)c3)CC23CN(C(=O)C2(C(F)(F)F)CC2)C3)cccc1C1CCC(C(F)(F)F)CC1. The van der Waals surface area contributed by atoms with E-state index in [1.807, 2.05) is 0 Å². The molecule has 0 bridgehead atoms. The van der Waals surface area contributed by atoms with Crippen LogP contribution in [-0.4, -0.2) is 88.1 Å². The van der Waals surface area contributed by atoms with Gasteiger partial charge in [-0.3, -0.25) is 14.3 Å². The van der Waals surface area contributed by atoms with Crippen LogP contribution in [0.15, 0.2) is 54.9 Å². The molecule has 1 aromatic heterocycles. The summed E-state index contributed by atoms with van der Waals surface area (Å²) in [5.74, 6) is -4.31. The number of hydrogen-bond acceptors (Lipinski definition) is 6. The lowest BCUT2D eigenvalue weighted by molar-refractivity contribution is -0.205. The number of aromatic nitrogens is 2. The summed E-state index contributed by atoms with van der Waals surface area (Å²) in [5.41, 5.74) is -3.03. The highest BCUT2D eigenvalue weighted by Crippen LogP contribution is 2.60. The number of nitrogens with zero attached hydrogens (tertiary/aromatic N) is 4. The summed E-state index contributed by atoms with van der Waals surface area (Å²) >= 11 is 0. The number of ether oxygens (including phenoxy) is 2. The molecule has 2 aliphatic heterocycles. The second kappa shape index (κ2) is 15.9. The van der Waals surface area contributed by atoms with E-state index >= 15 is 0 Å². The average Bonchev–Trinajstić information content (AvgIpc) is 3.72. The Balaban J connectivity index is 1.08. The smallest absolute Gasteiger partial charge is 0.416 e. The molecule has 18 heteroatoms. The van der Waals surface area contributed by atoms with E-state index in [4.69, 9.17) is 9.47 Å². The minimum Gasteiger partial charge on any atom is -0.456 e. The number of rotatable bonds is 10. The highest BCUT2D eigenvalue weighted by molar-refractivity contribution is 5.94. The molecule has 332 valence electrons. The molecule has 3 aromatic rings. The molecule has 2 saturated carbocycles. The molecule has 0 N–H and O–H groups in total. The lowest BCUT2D eigenvalue weighted by atomic mass is 9.71. The van der Waals surface area contributed by atoms with Gasteiger partial charge in [0.1, 0.15) is 11.0 Å². The molecule has 1 atom stereocenters. The van der Waals surface area contributed by atoms with Crippen LogP contribution in [0.5, 0.6) is 0 Å². The second-order valence-corrected chi connectivity index (χ2v) is 18.1. The molecule has 3 heterocycles. The van der Waals surface area contributed by atoms with E-state index in [1.54, 1.807) is 39.0 Å². The van der Waals surface area contributed by atoms with Crippen molar-refractivity contribution in [2.45, 2.75) is 102 Å². The number of esters is 1. The van der Waals surface area contributed by atoms with Crippen LogP contribution in [0, 0.1) is 22.7 Å². The molecular weight excluding hydrogens is 823 g/mol. The van der Waals surface area contributed by atoms with Crippen molar-refractivity contribution >= 4 is 17.8 Å². The van der Waals surface area contributed by atoms with Crippen molar-refractivity contribution in [2.75, 3.05) is 32.8 Å². The van der Waals surface area contributed by atoms with Crippen molar-refractivity contribution < 1.29 is 63.4 Å². The summed E-state index contributed by atoms with van der Waals surface area (Å²) < 4.78 is 135. The van der Waals surface area contributed by atoms with E-state index in [9.17, 15) is 53.9 Å². The van der Waals surface area contributed by atoms with Crippen LogP contribution in [0.25, 0.3) is 0 Å². The van der Waals surface area contributed by atoms with E-state index in [0.717, 1.165) is 12.1 Å². The molecule has 4 aliphatic rings. The van der Waals surface area contributed by atoms with Crippen molar-refractivity contribution in [3.05, 3.63) is 88.2 Å². The molecular formula is C43H47F9N4O5. The van der Waals surface area contributed by atoms with Gasteiger partial charge in [0.05, 0.1) is 48.6 Å². The zero-order valence-electron chi connectivity index (χ0n) is 33.9. The predicted octanol–water partition coefficient (Wildman–Crippen LogP) is 9.20. The summed E-state index contributed by atoms with van der Waals surface area (Å²) in [6.45, 7) is 5.12. The first-order valence-electron chi connectivity index (χ1n) is 20.2. The van der Waals surface area contributed by atoms with Crippen molar-refractivity contribution in [3.63, 3.8) is 0 Å². The molecule has 2 aromatic carbocycles. The van der Waals surface area contributed by atoms with Crippen LogP contribution in [0.4, 0.5) is 39.5 Å². The van der Waals surface area contributed by atoms with Gasteiger partial charge >= 0.3 is 24.5 Å². The Morgan fingerprint density at radius 3 is 2.05 bits per heavy atom. The van der Waals surface area contributed by atoms with E-state index in [0.29, 0.717) is 16.7 Å². The lowest BCUT2D eigenvalue weighted by Gasteiger charge is -2.51. The third kappa shape index (κ3) is 9.29. The van der Waals surface area contributed by atoms with E-state index in [2.05, 4.69) is 5.10 Å². The minimum atomic E-state index is -4.70. The molecule has 1 unspecified atom stereocenters. The van der Waals surface area contributed by atoms with Crippen LogP contribution in [0.1, 0.15) is 108 Å². The summed E-state index contributed by atoms with van der Waals surface area (Å²) in [4.78, 5) is 43.6. The first-order chi connectivity index (χ1) is 28.4. The molecule has 1 spiro atoms. The fraction of sp³-hybridized carbons (Fsp3) is 0.581. The Morgan fingerprint density at radius 2 is 1.48 bits per heavy atom. The Bertz CT molecular complexity index is 2110. The predicted molar refractivity (Wildman–Crippen MR) is 201 cm³/mol. The lowest BCUT2D eigenvalue weighted by Crippen LogP contribution is -2.65. The van der Waals surface area contributed by atoms with Crippen LogP contribution in [0.3, 0.4) is 0 Å². The Labute approximate surface area is 346 Å². The standard InChI is InChI=1S/C43H47F9N4O5/c1-38(2,3)61-36(58)34-28(5-4-6-33(34)27-9-13-31(14-10-27)42(47,48)49)21-60-22-32-20-54(23-39(32)24-55(25-39)37(59)40(15-16-40)43(50,51)52)35(57)29-17-53-56(19-29)18-26-7-11-30(12-8-26)41(44,45)46/h4-8,11-12,17,19,27,31-32H,9-10,13-16,18,20-25H2,1-3H3. The Morgan fingerprint density at radius 1 is 0.836 bits per heavy atom. The quantitative estimate of drug-likeness (QED) is 0.149. The number of amides is 2. The molecule has 0 radical (unpaired) electrons. The first-order valence-corrected chi connectivity index (χ1v) is 20.2. The maximum absolute atomic E-state index is 13.9. The number of carbonyl (C=O) groups is 3. The minimum absolute atomic E-state index is 0.0158. The maximum Gasteiger partial charge on any atom is 0.416 e. The second-order valence-electron chi connectivity index (χ2n) is 18.1. The number of benzene rings is 2. The molecule has 2 amide bonds. The van der Waals surface area contributed by atoms with Crippen LogP contribution >= 0.6 is 0 Å². The zero-order valence-corrected chi connectivity index (χ0v) is 33.9. The maximum atomic E-state index is 13.9. The summed E-state index contributed by atoms with van der Waals surface area (Å²) in [5, 5.41) is 4.21. The average molecular weight is 871 g/mol. The number of carbonyl (C=O) groups excluding carboxylic acids is 3. The van der Waals surface area contributed by atoms with Crippen molar-refractivity contribution in [1.29, 1.82) is 0 Å². The molecule has 2 aliphatic carbocycles. The summed E-state index contributed by atoms with van der Waals surface area (Å²) in [6, 6.07) is 9.61. The van der Waals surface area contributed by atoms with Crippen molar-refractivity contribution in [2.24, 2.45) is 22.7 Å². The van der Waals surface area contributed by atoms with Crippen molar-refractivity contribution in [3.8, 4) is 0 Å². The number of alkyl halides is 9.